The minimum Gasteiger partial charge on any atom is -0.314 e. The Morgan fingerprint density at radius 1 is 1.10 bits per heavy atom. The molecule has 2 aliphatic rings. The number of rotatable bonds is 10. The van der Waals surface area contributed by atoms with E-state index in [-0.39, 0.29) is 0 Å². The fourth-order valence-corrected chi connectivity index (χ4v) is 3.78. The predicted molar refractivity (Wildman–Crippen MR) is 81.8 cm³/mol. The summed E-state index contributed by atoms with van der Waals surface area (Å²) in [5, 5.41) is 3.40. The molecular weight excluding hydrogens is 274 g/mol. The summed E-state index contributed by atoms with van der Waals surface area (Å²) >= 11 is 0. The van der Waals surface area contributed by atoms with Crippen LogP contribution in [0.15, 0.2) is 0 Å². The van der Waals surface area contributed by atoms with Crippen molar-refractivity contribution in [2.75, 3.05) is 26.7 Å². The summed E-state index contributed by atoms with van der Waals surface area (Å²) in [6.07, 6.45) is 9.56. The second-order valence-electron chi connectivity index (χ2n) is 6.24. The Bertz CT molecular complexity index is 376. The van der Waals surface area contributed by atoms with E-state index in [4.69, 9.17) is 0 Å². The van der Waals surface area contributed by atoms with Gasteiger partial charge in [0.2, 0.25) is 0 Å². The molecule has 5 nitrogen and oxygen atoms in total. The van der Waals surface area contributed by atoms with Crippen LogP contribution in [-0.2, 0) is 10.2 Å². The third-order valence-corrected chi connectivity index (χ3v) is 5.95. The maximum absolute atomic E-state index is 12.0. The van der Waals surface area contributed by atoms with Crippen LogP contribution in [-0.4, -0.2) is 45.4 Å². The highest BCUT2D eigenvalue weighted by Gasteiger charge is 2.21. The van der Waals surface area contributed by atoms with Gasteiger partial charge in [0.05, 0.1) is 0 Å². The number of hydrogen-bond acceptors (Lipinski definition) is 3. The van der Waals surface area contributed by atoms with Gasteiger partial charge in [-0.3, -0.25) is 0 Å². The van der Waals surface area contributed by atoms with E-state index in [1.54, 1.807) is 7.05 Å². The van der Waals surface area contributed by atoms with Gasteiger partial charge in [0.25, 0.3) is 10.2 Å². The van der Waals surface area contributed by atoms with Crippen LogP contribution >= 0.6 is 0 Å². The van der Waals surface area contributed by atoms with Crippen LogP contribution < -0.4 is 10.0 Å². The Morgan fingerprint density at radius 3 is 2.45 bits per heavy atom. The highest BCUT2D eigenvalue weighted by Crippen LogP contribution is 2.26. The van der Waals surface area contributed by atoms with Gasteiger partial charge in [-0.25, -0.2) is 4.72 Å². The molecule has 0 aromatic heterocycles. The molecule has 0 unspecified atom stereocenters. The van der Waals surface area contributed by atoms with Crippen molar-refractivity contribution in [1.29, 1.82) is 0 Å². The van der Waals surface area contributed by atoms with Crippen molar-refractivity contribution in [2.45, 2.75) is 57.4 Å². The van der Waals surface area contributed by atoms with Crippen molar-refractivity contribution in [3.8, 4) is 0 Å². The molecule has 0 heterocycles. The molecule has 0 bridgehead atoms. The minimum atomic E-state index is -3.28. The maximum Gasteiger partial charge on any atom is 0.279 e. The molecule has 2 aliphatic carbocycles. The first-order valence-electron chi connectivity index (χ1n) is 8.02. The van der Waals surface area contributed by atoms with Gasteiger partial charge in [-0.2, -0.15) is 12.7 Å². The molecule has 6 heteroatoms. The molecule has 0 aromatic rings. The first-order valence-corrected chi connectivity index (χ1v) is 9.46. The minimum absolute atomic E-state index is 0.581. The molecule has 118 valence electrons. The van der Waals surface area contributed by atoms with E-state index in [9.17, 15) is 8.42 Å². The normalized spacial score (nSPS) is 20.9. The molecule has 2 saturated carbocycles. The largest absolute Gasteiger partial charge is 0.314 e. The number of nitrogens with one attached hydrogen (secondary N) is 2. The summed E-state index contributed by atoms with van der Waals surface area (Å²) in [6.45, 7) is 2.07. The second-order valence-corrected chi connectivity index (χ2v) is 8.10. The number of hydrogen-bond donors (Lipinski definition) is 2. The van der Waals surface area contributed by atoms with Gasteiger partial charge in [0.1, 0.15) is 0 Å². The fraction of sp³-hybridized carbons (Fsp3) is 1.00. The topological polar surface area (TPSA) is 61.4 Å². The predicted octanol–water partition coefficient (Wildman–Crippen LogP) is 1.47. The number of nitrogens with zero attached hydrogens (tertiary/aromatic N) is 1. The highest BCUT2D eigenvalue weighted by molar-refractivity contribution is 7.87. The molecule has 0 aliphatic heterocycles. The Labute approximate surface area is 123 Å². The maximum atomic E-state index is 12.0. The van der Waals surface area contributed by atoms with E-state index < -0.39 is 10.2 Å². The summed E-state index contributed by atoms with van der Waals surface area (Å²) < 4.78 is 28.2. The lowest BCUT2D eigenvalue weighted by molar-refractivity contribution is 0.436. The van der Waals surface area contributed by atoms with Crippen LogP contribution in [0.3, 0.4) is 0 Å². The third-order valence-electron chi connectivity index (χ3n) is 4.38. The Morgan fingerprint density at radius 2 is 1.80 bits per heavy atom. The van der Waals surface area contributed by atoms with Crippen molar-refractivity contribution >= 4 is 10.2 Å². The van der Waals surface area contributed by atoms with Crippen LogP contribution in [0.5, 0.6) is 0 Å². The summed E-state index contributed by atoms with van der Waals surface area (Å²) in [6, 6.07) is 0.696. The van der Waals surface area contributed by atoms with Gasteiger partial charge < -0.3 is 5.32 Å². The molecule has 2 rings (SSSR count). The molecule has 0 atom stereocenters. The summed E-state index contributed by atoms with van der Waals surface area (Å²) in [7, 11) is -1.62. The average molecular weight is 303 g/mol. The summed E-state index contributed by atoms with van der Waals surface area (Å²) in [5.41, 5.74) is 0. The Balaban J connectivity index is 1.57. The van der Waals surface area contributed by atoms with E-state index in [1.165, 1.54) is 42.8 Å². The lowest BCUT2D eigenvalue weighted by Crippen LogP contribution is -2.40. The fourth-order valence-electron chi connectivity index (χ4n) is 2.82. The van der Waals surface area contributed by atoms with Crippen LogP contribution in [0.1, 0.15) is 51.4 Å². The standard InChI is InChI=1S/C14H29N3O2S/c1-17(12-4-10-15-14-7-8-14)20(18,19)16-11-9-13-5-2-3-6-13/h13-16H,2-12H2,1H3. The molecule has 2 fully saturated rings. The zero-order valence-electron chi connectivity index (χ0n) is 12.6. The highest BCUT2D eigenvalue weighted by atomic mass is 32.2. The molecule has 0 amide bonds. The third kappa shape index (κ3) is 5.68. The van der Waals surface area contributed by atoms with Gasteiger partial charge in [-0.1, -0.05) is 25.7 Å². The van der Waals surface area contributed by atoms with E-state index in [0.29, 0.717) is 19.1 Å². The van der Waals surface area contributed by atoms with Crippen LogP contribution in [0.25, 0.3) is 0 Å². The monoisotopic (exact) mass is 303 g/mol. The first kappa shape index (κ1) is 16.2. The molecule has 0 aromatic carbocycles. The van der Waals surface area contributed by atoms with Crippen molar-refractivity contribution in [2.24, 2.45) is 5.92 Å². The zero-order valence-corrected chi connectivity index (χ0v) is 13.4. The van der Waals surface area contributed by atoms with E-state index >= 15 is 0 Å². The van der Waals surface area contributed by atoms with E-state index in [0.717, 1.165) is 25.3 Å². The SMILES string of the molecule is CN(CCCNC1CC1)S(=O)(=O)NCCC1CCCC1. The summed E-state index contributed by atoms with van der Waals surface area (Å²) in [4.78, 5) is 0. The van der Waals surface area contributed by atoms with Gasteiger partial charge in [0.15, 0.2) is 0 Å². The van der Waals surface area contributed by atoms with Crippen molar-refractivity contribution in [3.63, 3.8) is 0 Å². The van der Waals surface area contributed by atoms with Gasteiger partial charge in [0, 0.05) is 26.2 Å². The van der Waals surface area contributed by atoms with Crippen LogP contribution in [0.2, 0.25) is 0 Å². The molecule has 0 radical (unpaired) electrons. The molecule has 0 spiro atoms. The van der Waals surface area contributed by atoms with Gasteiger partial charge in [-0.05, 0) is 38.1 Å². The summed E-state index contributed by atoms with van der Waals surface area (Å²) in [5.74, 6) is 0.728. The second kappa shape index (κ2) is 7.73. The average Bonchev–Trinajstić information content (AvgIpc) is 3.09. The van der Waals surface area contributed by atoms with Crippen molar-refractivity contribution in [1.82, 2.24) is 14.3 Å². The lowest BCUT2D eigenvalue weighted by atomic mass is 10.1. The molecule has 20 heavy (non-hydrogen) atoms. The molecule has 2 N–H and O–H groups in total. The first-order chi connectivity index (χ1) is 9.58. The van der Waals surface area contributed by atoms with E-state index in [2.05, 4.69) is 10.0 Å². The quantitative estimate of drug-likeness (QED) is 0.601. The zero-order chi connectivity index (χ0) is 14.4. The molecular formula is C14H29N3O2S. The smallest absolute Gasteiger partial charge is 0.279 e. The Hall–Kier alpha value is -0.170. The van der Waals surface area contributed by atoms with Crippen molar-refractivity contribution in [3.05, 3.63) is 0 Å². The van der Waals surface area contributed by atoms with Crippen LogP contribution in [0.4, 0.5) is 0 Å². The van der Waals surface area contributed by atoms with E-state index in [1.807, 2.05) is 0 Å². The van der Waals surface area contributed by atoms with Crippen molar-refractivity contribution < 1.29 is 8.42 Å². The molecule has 0 saturated heterocycles. The van der Waals surface area contributed by atoms with Crippen LogP contribution in [0, 0.1) is 5.92 Å². The van der Waals surface area contributed by atoms with Gasteiger partial charge >= 0.3 is 0 Å². The van der Waals surface area contributed by atoms with Gasteiger partial charge in [-0.15, -0.1) is 0 Å². The Kier molecular flexibility index (Phi) is 6.26. The lowest BCUT2D eigenvalue weighted by Gasteiger charge is -2.18.